The molecule has 0 saturated carbocycles. The third-order valence-electron chi connectivity index (χ3n) is 2.65. The second-order valence-corrected chi connectivity index (χ2v) is 6.44. The van der Waals surface area contributed by atoms with Crippen molar-refractivity contribution in [2.75, 3.05) is 31.6 Å². The molecule has 1 aliphatic rings. The molecule has 0 aliphatic carbocycles. The summed E-state index contributed by atoms with van der Waals surface area (Å²) < 4.78 is 21.7. The van der Waals surface area contributed by atoms with Crippen LogP contribution in [-0.2, 0) is 14.6 Å². The molecule has 1 fully saturated rings. The van der Waals surface area contributed by atoms with Crippen molar-refractivity contribution in [1.29, 1.82) is 5.26 Å². The maximum Gasteiger partial charge on any atom is 0.237 e. The van der Waals surface area contributed by atoms with Gasteiger partial charge in [0.1, 0.15) is 15.9 Å². The first-order chi connectivity index (χ1) is 7.94. The van der Waals surface area contributed by atoms with Gasteiger partial charge in [0.05, 0.1) is 18.4 Å². The van der Waals surface area contributed by atoms with Crippen molar-refractivity contribution in [3.05, 3.63) is 0 Å². The molecule has 0 aromatic rings. The summed E-state index contributed by atoms with van der Waals surface area (Å²) in [6.45, 7) is 0.966. The number of rotatable bonds is 5. The molecule has 0 aromatic carbocycles. The molecule has 1 heterocycles. The Morgan fingerprint density at radius 1 is 1.59 bits per heavy atom. The minimum atomic E-state index is -3.00. The molecule has 1 unspecified atom stereocenters. The van der Waals surface area contributed by atoms with Crippen molar-refractivity contribution >= 4 is 15.7 Å². The van der Waals surface area contributed by atoms with Gasteiger partial charge in [0.25, 0.3) is 0 Å². The first-order valence-corrected chi connectivity index (χ1v) is 7.57. The van der Waals surface area contributed by atoms with Crippen LogP contribution in [0.15, 0.2) is 0 Å². The van der Waals surface area contributed by atoms with E-state index in [2.05, 4.69) is 11.4 Å². The van der Waals surface area contributed by atoms with E-state index in [1.807, 2.05) is 0 Å². The Morgan fingerprint density at radius 2 is 2.29 bits per heavy atom. The smallest absolute Gasteiger partial charge is 0.237 e. The summed E-state index contributed by atoms with van der Waals surface area (Å²) in [6.07, 6.45) is 2.74. The van der Waals surface area contributed by atoms with Crippen molar-refractivity contribution in [3.63, 3.8) is 0 Å². The van der Waals surface area contributed by atoms with Crippen molar-refractivity contribution in [2.24, 2.45) is 0 Å². The fourth-order valence-corrected chi connectivity index (χ4v) is 2.27. The summed E-state index contributed by atoms with van der Waals surface area (Å²) in [5.74, 6) is -0.121. The van der Waals surface area contributed by atoms with Gasteiger partial charge in [0, 0.05) is 19.3 Å². The van der Waals surface area contributed by atoms with Gasteiger partial charge in [-0.2, -0.15) is 5.26 Å². The van der Waals surface area contributed by atoms with Crippen LogP contribution < -0.4 is 5.32 Å². The van der Waals surface area contributed by atoms with Gasteiger partial charge in [-0.1, -0.05) is 0 Å². The van der Waals surface area contributed by atoms with Crippen molar-refractivity contribution in [2.45, 2.75) is 18.9 Å². The number of hydrogen-bond acceptors (Lipinski definition) is 5. The summed E-state index contributed by atoms with van der Waals surface area (Å²) in [6, 6.07) is 1.77. The molecule has 0 aromatic heterocycles. The average Bonchev–Trinajstić information content (AvgIpc) is 2.70. The largest absolute Gasteiger partial charge is 0.326 e. The van der Waals surface area contributed by atoms with E-state index in [1.165, 1.54) is 0 Å². The third kappa shape index (κ3) is 4.71. The summed E-state index contributed by atoms with van der Waals surface area (Å²) >= 11 is 0. The molecule has 1 amide bonds. The molecule has 1 atom stereocenters. The SMILES string of the molecule is CS(=O)(=O)CCNCC(=O)N1CCCC1C#N. The topological polar surface area (TPSA) is 90.3 Å². The summed E-state index contributed by atoms with van der Waals surface area (Å²) in [4.78, 5) is 13.3. The molecule has 1 aliphatic heterocycles. The van der Waals surface area contributed by atoms with Crippen LogP contribution in [0.5, 0.6) is 0 Å². The van der Waals surface area contributed by atoms with Crippen LogP contribution in [-0.4, -0.2) is 56.9 Å². The monoisotopic (exact) mass is 259 g/mol. The molecular weight excluding hydrogens is 242 g/mol. The molecule has 1 rings (SSSR count). The van der Waals surface area contributed by atoms with Crippen molar-refractivity contribution in [3.8, 4) is 6.07 Å². The highest BCUT2D eigenvalue weighted by Crippen LogP contribution is 2.15. The Balaban J connectivity index is 2.28. The van der Waals surface area contributed by atoms with Gasteiger partial charge in [-0.3, -0.25) is 4.79 Å². The number of carbonyl (C=O) groups excluding carboxylic acids is 1. The molecule has 0 spiro atoms. The first-order valence-electron chi connectivity index (χ1n) is 5.51. The molecular formula is C10H17N3O3S. The number of nitrogens with one attached hydrogen (secondary N) is 1. The Labute approximate surface area is 102 Å². The Hall–Kier alpha value is -1.13. The zero-order chi connectivity index (χ0) is 12.9. The molecule has 0 radical (unpaired) electrons. The quantitative estimate of drug-likeness (QED) is 0.648. The highest BCUT2D eigenvalue weighted by atomic mass is 32.2. The van der Waals surface area contributed by atoms with Crippen LogP contribution in [0.3, 0.4) is 0 Å². The predicted molar refractivity (Wildman–Crippen MR) is 62.9 cm³/mol. The lowest BCUT2D eigenvalue weighted by Gasteiger charge is -2.19. The van der Waals surface area contributed by atoms with Crippen molar-refractivity contribution < 1.29 is 13.2 Å². The van der Waals surface area contributed by atoms with Gasteiger partial charge in [0.2, 0.25) is 5.91 Å². The fraction of sp³-hybridized carbons (Fsp3) is 0.800. The van der Waals surface area contributed by atoms with Crippen LogP contribution in [0.4, 0.5) is 0 Å². The maximum atomic E-state index is 11.7. The fourth-order valence-electron chi connectivity index (χ4n) is 1.75. The Morgan fingerprint density at radius 3 is 2.88 bits per heavy atom. The van der Waals surface area contributed by atoms with E-state index in [4.69, 9.17) is 5.26 Å². The molecule has 1 N–H and O–H groups in total. The van der Waals surface area contributed by atoms with E-state index in [0.29, 0.717) is 6.54 Å². The molecule has 0 bridgehead atoms. The first kappa shape index (κ1) is 13.9. The van der Waals surface area contributed by atoms with Crippen LogP contribution in [0, 0.1) is 11.3 Å². The Bertz CT molecular complexity index is 413. The molecule has 96 valence electrons. The van der Waals surface area contributed by atoms with Gasteiger partial charge in [-0.15, -0.1) is 0 Å². The highest BCUT2D eigenvalue weighted by molar-refractivity contribution is 7.90. The molecule has 1 saturated heterocycles. The molecule has 7 heteroatoms. The number of nitrogens with zero attached hydrogens (tertiary/aromatic N) is 2. The third-order valence-corrected chi connectivity index (χ3v) is 3.59. The summed E-state index contributed by atoms with van der Waals surface area (Å²) in [7, 11) is -3.00. The van der Waals surface area contributed by atoms with E-state index in [0.717, 1.165) is 19.1 Å². The van der Waals surface area contributed by atoms with Crippen molar-refractivity contribution in [1.82, 2.24) is 10.2 Å². The van der Waals surface area contributed by atoms with Gasteiger partial charge < -0.3 is 10.2 Å². The normalized spacial score (nSPS) is 20.2. The highest BCUT2D eigenvalue weighted by Gasteiger charge is 2.27. The summed E-state index contributed by atoms with van der Waals surface area (Å²) in [5, 5.41) is 11.6. The van der Waals surface area contributed by atoms with Crippen LogP contribution in [0.1, 0.15) is 12.8 Å². The number of likely N-dealkylation sites (tertiary alicyclic amines) is 1. The van der Waals surface area contributed by atoms with Gasteiger partial charge in [0.15, 0.2) is 0 Å². The summed E-state index contributed by atoms with van der Waals surface area (Å²) in [5.41, 5.74) is 0. The number of hydrogen-bond donors (Lipinski definition) is 1. The average molecular weight is 259 g/mol. The zero-order valence-corrected chi connectivity index (χ0v) is 10.7. The van der Waals surface area contributed by atoms with E-state index in [9.17, 15) is 13.2 Å². The van der Waals surface area contributed by atoms with Gasteiger partial charge >= 0.3 is 0 Å². The number of nitriles is 1. The Kier molecular flexibility index (Phi) is 4.90. The molecule has 6 nitrogen and oxygen atoms in total. The second-order valence-electron chi connectivity index (χ2n) is 4.18. The van der Waals surface area contributed by atoms with Crippen LogP contribution in [0.25, 0.3) is 0 Å². The second kappa shape index (κ2) is 5.98. The number of sulfone groups is 1. The minimum Gasteiger partial charge on any atom is -0.326 e. The predicted octanol–water partition coefficient (Wildman–Crippen LogP) is -0.865. The van der Waals surface area contributed by atoms with E-state index in [-0.39, 0.29) is 30.8 Å². The number of amides is 1. The maximum absolute atomic E-state index is 11.7. The van der Waals surface area contributed by atoms with E-state index < -0.39 is 9.84 Å². The van der Waals surface area contributed by atoms with Crippen LogP contribution in [0.2, 0.25) is 0 Å². The van der Waals surface area contributed by atoms with Gasteiger partial charge in [-0.05, 0) is 12.8 Å². The lowest BCUT2D eigenvalue weighted by atomic mass is 10.2. The lowest BCUT2D eigenvalue weighted by Crippen LogP contribution is -2.41. The molecule has 17 heavy (non-hydrogen) atoms. The lowest BCUT2D eigenvalue weighted by molar-refractivity contribution is -0.130. The number of carbonyl (C=O) groups is 1. The van der Waals surface area contributed by atoms with E-state index in [1.54, 1.807) is 4.90 Å². The standard InChI is InChI=1S/C10H17N3O3S/c1-17(15,16)6-4-12-8-10(14)13-5-2-3-9(13)7-11/h9,12H,2-6,8H2,1H3. The van der Waals surface area contributed by atoms with Crippen LogP contribution >= 0.6 is 0 Å². The van der Waals surface area contributed by atoms with Gasteiger partial charge in [-0.25, -0.2) is 8.42 Å². The minimum absolute atomic E-state index is 0.0158. The van der Waals surface area contributed by atoms with E-state index >= 15 is 0 Å². The zero-order valence-electron chi connectivity index (χ0n) is 9.85.